The van der Waals surface area contributed by atoms with E-state index in [4.69, 9.17) is 11.5 Å². The van der Waals surface area contributed by atoms with Gasteiger partial charge in [-0.05, 0) is 25.1 Å². The summed E-state index contributed by atoms with van der Waals surface area (Å²) in [7, 11) is 0. The van der Waals surface area contributed by atoms with Gasteiger partial charge in [-0.3, -0.25) is 4.79 Å². The number of nitrogen functional groups attached to an aromatic ring is 1. The van der Waals surface area contributed by atoms with Gasteiger partial charge in [0.05, 0.1) is 11.7 Å². The zero-order valence-electron chi connectivity index (χ0n) is 13.0. The number of fused-ring (bicyclic) bond motifs is 3. The minimum Gasteiger partial charge on any atom is -0.384 e. The largest absolute Gasteiger partial charge is 0.384 e. The van der Waals surface area contributed by atoms with Gasteiger partial charge in [0, 0.05) is 35.8 Å². The molecule has 0 spiro atoms. The summed E-state index contributed by atoms with van der Waals surface area (Å²) in [5, 5.41) is 5.07. The summed E-state index contributed by atoms with van der Waals surface area (Å²) in [6.45, 7) is 1.81. The number of carbonyl (C=O) groups excluding carboxylic acids is 1. The minimum atomic E-state index is 0.0350. The lowest BCUT2D eigenvalue weighted by Gasteiger charge is -2.08. The zero-order valence-corrected chi connectivity index (χ0v) is 13.0. The molecule has 6 heteroatoms. The molecular weight excluding hydrogens is 290 g/mol. The summed E-state index contributed by atoms with van der Waals surface area (Å²) in [5.41, 5.74) is 13.3. The highest BCUT2D eigenvalue weighted by Gasteiger charge is 2.12. The van der Waals surface area contributed by atoms with Gasteiger partial charge in [0.1, 0.15) is 5.82 Å². The average molecular weight is 311 g/mol. The lowest BCUT2D eigenvalue weighted by molar-refractivity contribution is -0.121. The monoisotopic (exact) mass is 311 g/mol. The fourth-order valence-electron chi connectivity index (χ4n) is 2.83. The van der Waals surface area contributed by atoms with Crippen molar-refractivity contribution in [3.63, 3.8) is 0 Å². The third-order valence-corrected chi connectivity index (χ3v) is 3.95. The summed E-state index contributed by atoms with van der Waals surface area (Å²) in [5.74, 6) is 0.535. The molecule has 2 heterocycles. The number of aromatic nitrogens is 2. The number of hydrogen-bond acceptors (Lipinski definition) is 4. The van der Waals surface area contributed by atoms with E-state index in [1.165, 1.54) is 0 Å². The summed E-state index contributed by atoms with van der Waals surface area (Å²) < 4.78 is 2.12. The Morgan fingerprint density at radius 3 is 2.87 bits per heavy atom. The maximum atomic E-state index is 11.9. The van der Waals surface area contributed by atoms with Gasteiger partial charge in [-0.2, -0.15) is 0 Å². The SMILES string of the molecule is NCCCNC(=O)CCn1c2ccccc2c2cc(N)ncc21. The first-order valence-corrected chi connectivity index (χ1v) is 7.80. The summed E-state index contributed by atoms with van der Waals surface area (Å²) in [6, 6.07) is 10.0. The molecule has 0 aliphatic carbocycles. The number of carbonyl (C=O) groups is 1. The number of hydrogen-bond donors (Lipinski definition) is 3. The fraction of sp³-hybridized carbons (Fsp3) is 0.294. The summed E-state index contributed by atoms with van der Waals surface area (Å²) in [6.07, 6.45) is 2.99. The van der Waals surface area contributed by atoms with Crippen LogP contribution in [0.2, 0.25) is 0 Å². The van der Waals surface area contributed by atoms with E-state index < -0.39 is 0 Å². The standard InChI is InChI=1S/C17H21N5O/c18-7-3-8-20-17(23)6-9-22-14-5-2-1-4-12(14)13-10-16(19)21-11-15(13)22/h1-2,4-5,10-11H,3,6-9,18H2,(H2,19,21)(H,20,23). The van der Waals surface area contributed by atoms with Crippen LogP contribution in [0.5, 0.6) is 0 Å². The maximum absolute atomic E-state index is 11.9. The van der Waals surface area contributed by atoms with Crippen molar-refractivity contribution in [3.05, 3.63) is 36.5 Å². The molecule has 2 aromatic heterocycles. The third-order valence-electron chi connectivity index (χ3n) is 3.95. The van der Waals surface area contributed by atoms with Crippen molar-refractivity contribution in [2.45, 2.75) is 19.4 Å². The lowest BCUT2D eigenvalue weighted by Crippen LogP contribution is -2.26. The van der Waals surface area contributed by atoms with Crippen LogP contribution in [0, 0.1) is 0 Å². The molecule has 0 saturated carbocycles. The van der Waals surface area contributed by atoms with Crippen molar-refractivity contribution >= 4 is 33.5 Å². The Morgan fingerprint density at radius 1 is 1.22 bits per heavy atom. The van der Waals surface area contributed by atoms with Crippen LogP contribution in [0.3, 0.4) is 0 Å². The molecule has 3 aromatic rings. The Morgan fingerprint density at radius 2 is 2.04 bits per heavy atom. The maximum Gasteiger partial charge on any atom is 0.221 e. The molecule has 5 N–H and O–H groups in total. The Balaban J connectivity index is 1.88. The minimum absolute atomic E-state index is 0.0350. The average Bonchev–Trinajstić information content (AvgIpc) is 2.86. The van der Waals surface area contributed by atoms with Gasteiger partial charge in [0.15, 0.2) is 0 Å². The van der Waals surface area contributed by atoms with Crippen LogP contribution in [-0.4, -0.2) is 28.5 Å². The number of anilines is 1. The molecule has 0 radical (unpaired) electrons. The van der Waals surface area contributed by atoms with Crippen molar-refractivity contribution in [2.75, 3.05) is 18.8 Å². The second-order valence-corrected chi connectivity index (χ2v) is 5.54. The van der Waals surface area contributed by atoms with Crippen LogP contribution in [0.4, 0.5) is 5.82 Å². The smallest absolute Gasteiger partial charge is 0.221 e. The molecule has 1 amide bonds. The molecular formula is C17H21N5O. The van der Waals surface area contributed by atoms with Crippen LogP contribution in [0.15, 0.2) is 36.5 Å². The molecule has 23 heavy (non-hydrogen) atoms. The predicted octanol–water partition coefficient (Wildman–Crippen LogP) is 1.63. The van der Waals surface area contributed by atoms with E-state index >= 15 is 0 Å². The Labute approximate surface area is 134 Å². The number of nitrogens with two attached hydrogens (primary N) is 2. The van der Waals surface area contributed by atoms with E-state index in [-0.39, 0.29) is 5.91 Å². The highest BCUT2D eigenvalue weighted by molar-refractivity contribution is 6.08. The molecule has 3 rings (SSSR count). The number of aryl methyl sites for hydroxylation is 1. The quantitative estimate of drug-likeness (QED) is 0.602. The van der Waals surface area contributed by atoms with Crippen molar-refractivity contribution in [3.8, 4) is 0 Å². The van der Waals surface area contributed by atoms with E-state index in [2.05, 4.69) is 27.0 Å². The van der Waals surface area contributed by atoms with Crippen molar-refractivity contribution in [2.24, 2.45) is 5.73 Å². The highest BCUT2D eigenvalue weighted by atomic mass is 16.1. The molecule has 0 fully saturated rings. The molecule has 120 valence electrons. The zero-order chi connectivity index (χ0) is 16.2. The molecule has 0 unspecified atom stereocenters. The number of para-hydroxylation sites is 1. The van der Waals surface area contributed by atoms with Gasteiger partial charge in [0.2, 0.25) is 5.91 Å². The van der Waals surface area contributed by atoms with E-state index in [0.29, 0.717) is 31.9 Å². The number of pyridine rings is 1. The van der Waals surface area contributed by atoms with Crippen LogP contribution in [-0.2, 0) is 11.3 Å². The van der Waals surface area contributed by atoms with Crippen LogP contribution in [0.25, 0.3) is 21.8 Å². The number of amides is 1. The first-order valence-electron chi connectivity index (χ1n) is 7.80. The first-order chi connectivity index (χ1) is 11.2. The van der Waals surface area contributed by atoms with Gasteiger partial charge in [0.25, 0.3) is 0 Å². The molecule has 1 aromatic carbocycles. The highest BCUT2D eigenvalue weighted by Crippen LogP contribution is 2.29. The van der Waals surface area contributed by atoms with Crippen molar-refractivity contribution < 1.29 is 4.79 Å². The van der Waals surface area contributed by atoms with Gasteiger partial charge >= 0.3 is 0 Å². The molecule has 0 bridgehead atoms. The van der Waals surface area contributed by atoms with Gasteiger partial charge < -0.3 is 21.4 Å². The number of nitrogens with one attached hydrogen (secondary N) is 1. The number of rotatable bonds is 6. The first kappa shape index (κ1) is 15.3. The van der Waals surface area contributed by atoms with Crippen LogP contribution >= 0.6 is 0 Å². The summed E-state index contributed by atoms with van der Waals surface area (Å²) in [4.78, 5) is 16.1. The van der Waals surface area contributed by atoms with Gasteiger partial charge in [-0.15, -0.1) is 0 Å². The Hall–Kier alpha value is -2.60. The molecule has 0 aliphatic rings. The van der Waals surface area contributed by atoms with E-state index in [9.17, 15) is 4.79 Å². The predicted molar refractivity (Wildman–Crippen MR) is 92.9 cm³/mol. The Bertz CT molecular complexity index is 839. The van der Waals surface area contributed by atoms with Crippen molar-refractivity contribution in [1.82, 2.24) is 14.9 Å². The van der Waals surface area contributed by atoms with Crippen LogP contribution in [0.1, 0.15) is 12.8 Å². The lowest BCUT2D eigenvalue weighted by atomic mass is 10.2. The fourth-order valence-corrected chi connectivity index (χ4v) is 2.83. The van der Waals surface area contributed by atoms with E-state index in [1.807, 2.05) is 18.2 Å². The van der Waals surface area contributed by atoms with E-state index in [0.717, 1.165) is 28.2 Å². The van der Waals surface area contributed by atoms with E-state index in [1.54, 1.807) is 6.20 Å². The number of nitrogens with zero attached hydrogens (tertiary/aromatic N) is 2. The molecule has 6 nitrogen and oxygen atoms in total. The van der Waals surface area contributed by atoms with Crippen LogP contribution < -0.4 is 16.8 Å². The topological polar surface area (TPSA) is 99.0 Å². The van der Waals surface area contributed by atoms with Gasteiger partial charge in [-0.25, -0.2) is 4.98 Å². The number of benzene rings is 1. The normalized spacial score (nSPS) is 11.2. The molecule has 0 atom stereocenters. The molecule has 0 aliphatic heterocycles. The second kappa shape index (κ2) is 6.66. The van der Waals surface area contributed by atoms with Crippen molar-refractivity contribution in [1.29, 1.82) is 0 Å². The third kappa shape index (κ3) is 3.12. The second-order valence-electron chi connectivity index (χ2n) is 5.54. The summed E-state index contributed by atoms with van der Waals surface area (Å²) >= 11 is 0. The molecule has 0 saturated heterocycles. The Kier molecular flexibility index (Phi) is 4.43. The van der Waals surface area contributed by atoms with Gasteiger partial charge in [-0.1, -0.05) is 18.2 Å².